The minimum atomic E-state index is -0.561. The number of fused-ring (bicyclic) bond motifs is 1. The Hall–Kier alpha value is -3.87. The maximum atomic E-state index is 12.4. The molecule has 150 valence electrons. The molecule has 0 radical (unpaired) electrons. The minimum absolute atomic E-state index is 0.180. The van der Waals surface area contributed by atoms with Crippen molar-refractivity contribution in [3.05, 3.63) is 66.1 Å². The van der Waals surface area contributed by atoms with Crippen LogP contribution in [0.15, 0.2) is 55.0 Å². The smallest absolute Gasteiger partial charge is 0.230 e. The van der Waals surface area contributed by atoms with Crippen LogP contribution in [0.3, 0.4) is 0 Å². The molecule has 2 N–H and O–H groups in total. The van der Waals surface area contributed by atoms with Gasteiger partial charge in [0.25, 0.3) is 0 Å². The van der Waals surface area contributed by atoms with Crippen molar-refractivity contribution in [2.75, 3.05) is 5.32 Å². The van der Waals surface area contributed by atoms with E-state index in [4.69, 9.17) is 4.98 Å². The van der Waals surface area contributed by atoms with E-state index in [0.717, 1.165) is 11.1 Å². The summed E-state index contributed by atoms with van der Waals surface area (Å²) >= 11 is 0. The van der Waals surface area contributed by atoms with Gasteiger partial charge in [0.2, 0.25) is 5.78 Å². The van der Waals surface area contributed by atoms with Crippen LogP contribution in [-0.2, 0) is 4.79 Å². The Balaban J connectivity index is 1.84. The summed E-state index contributed by atoms with van der Waals surface area (Å²) in [5.41, 5.74) is 3.30. The number of carbonyl (C=O) groups is 2. The van der Waals surface area contributed by atoms with Gasteiger partial charge in [0.05, 0.1) is 16.6 Å². The first-order valence-corrected chi connectivity index (χ1v) is 9.66. The largest absolute Gasteiger partial charge is 0.345 e. The van der Waals surface area contributed by atoms with Crippen LogP contribution < -0.4 is 5.32 Å². The second-order valence-corrected chi connectivity index (χ2v) is 7.31. The van der Waals surface area contributed by atoms with Crippen LogP contribution in [0.25, 0.3) is 22.4 Å². The second kappa shape index (κ2) is 7.87. The third-order valence-electron chi connectivity index (χ3n) is 4.86. The van der Waals surface area contributed by atoms with Gasteiger partial charge in [-0.1, -0.05) is 44.2 Å². The number of aromatic nitrogens is 4. The molecule has 4 aromatic rings. The summed E-state index contributed by atoms with van der Waals surface area (Å²) in [6.07, 6.45) is 4.97. The first-order valence-electron chi connectivity index (χ1n) is 9.66. The zero-order valence-electron chi connectivity index (χ0n) is 16.9. The quantitative estimate of drug-likeness (QED) is 0.361. The number of H-pyrrole nitrogens is 1. The van der Waals surface area contributed by atoms with Crippen LogP contribution in [0.5, 0.6) is 0 Å². The third kappa shape index (κ3) is 3.57. The second-order valence-electron chi connectivity index (χ2n) is 7.31. The number of hydrogen-bond acceptors (Lipinski definition) is 6. The minimum Gasteiger partial charge on any atom is -0.345 e. The number of rotatable bonds is 6. The van der Waals surface area contributed by atoms with Crippen molar-refractivity contribution in [3.8, 4) is 11.4 Å². The summed E-state index contributed by atoms with van der Waals surface area (Å²) in [6, 6.07) is 11.5. The molecule has 30 heavy (non-hydrogen) atoms. The molecule has 0 saturated heterocycles. The molecule has 0 bridgehead atoms. The lowest BCUT2D eigenvalue weighted by atomic mass is 10.0. The fraction of sp³-hybridized carbons (Fsp3) is 0.174. The van der Waals surface area contributed by atoms with Crippen molar-refractivity contribution in [1.82, 2.24) is 19.9 Å². The molecule has 4 rings (SSSR count). The van der Waals surface area contributed by atoms with Crippen LogP contribution in [0.2, 0.25) is 0 Å². The first kappa shape index (κ1) is 19.4. The Morgan fingerprint density at radius 3 is 2.53 bits per heavy atom. The molecule has 0 atom stereocenters. The highest BCUT2D eigenvalue weighted by atomic mass is 16.2. The zero-order chi connectivity index (χ0) is 21.3. The van der Waals surface area contributed by atoms with Gasteiger partial charge in [-0.2, -0.15) is 0 Å². The molecule has 0 aliphatic rings. The van der Waals surface area contributed by atoms with E-state index < -0.39 is 11.6 Å². The van der Waals surface area contributed by atoms with Crippen molar-refractivity contribution < 1.29 is 9.59 Å². The zero-order valence-corrected chi connectivity index (χ0v) is 16.9. The SMILES string of the molecule is CC(=O)C(=O)c1c[nH]c2nccc(Nc3nc(-c4ccccc4)ncc3C(C)C)c12. The summed E-state index contributed by atoms with van der Waals surface area (Å²) in [5, 5.41) is 3.91. The van der Waals surface area contributed by atoms with E-state index in [2.05, 4.69) is 34.1 Å². The Kier molecular flexibility index (Phi) is 5.10. The Morgan fingerprint density at radius 2 is 1.83 bits per heavy atom. The fourth-order valence-electron chi connectivity index (χ4n) is 3.30. The van der Waals surface area contributed by atoms with Crippen LogP contribution in [0, 0.1) is 0 Å². The highest BCUT2D eigenvalue weighted by Gasteiger charge is 2.20. The Bertz CT molecular complexity index is 1250. The van der Waals surface area contributed by atoms with Crippen molar-refractivity contribution in [2.24, 2.45) is 0 Å². The molecule has 3 aromatic heterocycles. The summed E-state index contributed by atoms with van der Waals surface area (Å²) in [4.78, 5) is 40.6. The number of nitrogens with zero attached hydrogens (tertiary/aromatic N) is 3. The number of nitrogens with one attached hydrogen (secondary N) is 2. The van der Waals surface area contributed by atoms with E-state index in [1.54, 1.807) is 12.3 Å². The van der Waals surface area contributed by atoms with Crippen LogP contribution >= 0.6 is 0 Å². The van der Waals surface area contributed by atoms with Gasteiger partial charge in [-0.3, -0.25) is 9.59 Å². The normalized spacial score (nSPS) is 11.1. The van der Waals surface area contributed by atoms with Gasteiger partial charge in [0.15, 0.2) is 11.6 Å². The summed E-state index contributed by atoms with van der Waals surface area (Å²) in [6.45, 7) is 5.39. The molecular formula is C23H21N5O2. The Labute approximate surface area is 173 Å². The number of Topliss-reactive ketones (excluding diaryl/α,β-unsaturated/α-hetero) is 2. The molecular weight excluding hydrogens is 378 g/mol. The number of anilines is 2. The predicted octanol–water partition coefficient (Wildman–Crippen LogP) is 4.66. The van der Waals surface area contributed by atoms with Crippen LogP contribution in [0.1, 0.15) is 42.6 Å². The molecule has 7 nitrogen and oxygen atoms in total. The van der Waals surface area contributed by atoms with Crippen LogP contribution in [-0.4, -0.2) is 31.5 Å². The van der Waals surface area contributed by atoms with E-state index >= 15 is 0 Å². The van der Waals surface area contributed by atoms with E-state index in [1.807, 2.05) is 36.5 Å². The fourth-order valence-corrected chi connectivity index (χ4v) is 3.30. The number of hydrogen-bond donors (Lipinski definition) is 2. The van der Waals surface area contributed by atoms with Crippen molar-refractivity contribution in [3.63, 3.8) is 0 Å². The lowest BCUT2D eigenvalue weighted by Crippen LogP contribution is -2.10. The molecule has 0 amide bonds. The van der Waals surface area contributed by atoms with Crippen molar-refractivity contribution in [1.29, 1.82) is 0 Å². The maximum absolute atomic E-state index is 12.4. The van der Waals surface area contributed by atoms with E-state index in [0.29, 0.717) is 28.4 Å². The molecule has 0 aliphatic carbocycles. The van der Waals surface area contributed by atoms with Gasteiger partial charge in [0.1, 0.15) is 11.5 Å². The van der Waals surface area contributed by atoms with Gasteiger partial charge in [-0.25, -0.2) is 15.0 Å². The van der Waals surface area contributed by atoms with Crippen LogP contribution in [0.4, 0.5) is 11.5 Å². The number of aromatic amines is 1. The molecule has 0 unspecified atom stereocenters. The predicted molar refractivity (Wildman–Crippen MR) is 116 cm³/mol. The number of carbonyl (C=O) groups excluding carboxylic acids is 2. The molecule has 0 saturated carbocycles. The first-order chi connectivity index (χ1) is 14.5. The van der Waals surface area contributed by atoms with Gasteiger partial charge in [-0.05, 0) is 12.0 Å². The molecule has 1 aromatic carbocycles. The molecule has 3 heterocycles. The van der Waals surface area contributed by atoms with E-state index in [-0.39, 0.29) is 11.5 Å². The lowest BCUT2D eigenvalue weighted by Gasteiger charge is -2.15. The van der Waals surface area contributed by atoms with E-state index in [9.17, 15) is 9.59 Å². The average molecular weight is 399 g/mol. The number of ketones is 2. The lowest BCUT2D eigenvalue weighted by molar-refractivity contribution is -0.113. The maximum Gasteiger partial charge on any atom is 0.230 e. The van der Waals surface area contributed by atoms with Gasteiger partial charge in [-0.15, -0.1) is 0 Å². The van der Waals surface area contributed by atoms with Gasteiger partial charge >= 0.3 is 0 Å². The summed E-state index contributed by atoms with van der Waals surface area (Å²) in [5.74, 6) is 0.339. The number of benzene rings is 1. The molecule has 0 spiro atoms. The van der Waals surface area contributed by atoms with Gasteiger partial charge < -0.3 is 10.3 Å². The van der Waals surface area contributed by atoms with E-state index in [1.165, 1.54) is 13.1 Å². The highest BCUT2D eigenvalue weighted by molar-refractivity contribution is 6.45. The third-order valence-corrected chi connectivity index (χ3v) is 4.86. The Morgan fingerprint density at radius 1 is 1.07 bits per heavy atom. The standard InChI is InChI=1S/C23H21N5O2/c1-13(2)16-11-25-21(15-7-5-4-6-8-15)28-22(16)27-18-9-10-24-23-19(18)17(12-26-23)20(30)14(3)29/h4-13H,1-3H3,(H2,24,25,26,27,28). The molecule has 0 aliphatic heterocycles. The summed E-state index contributed by atoms with van der Waals surface area (Å²) in [7, 11) is 0. The monoisotopic (exact) mass is 399 g/mol. The van der Waals surface area contributed by atoms with Gasteiger partial charge in [0, 0.05) is 36.6 Å². The van der Waals surface area contributed by atoms with Crippen molar-refractivity contribution in [2.45, 2.75) is 26.7 Å². The molecule has 7 heteroatoms. The van der Waals surface area contributed by atoms with Crippen molar-refractivity contribution >= 4 is 34.1 Å². The summed E-state index contributed by atoms with van der Waals surface area (Å²) < 4.78 is 0. The molecule has 0 fully saturated rings. The average Bonchev–Trinajstić information content (AvgIpc) is 3.18. The topological polar surface area (TPSA) is 101 Å². The number of pyridine rings is 1. The highest BCUT2D eigenvalue weighted by Crippen LogP contribution is 2.32.